The Morgan fingerprint density at radius 3 is 2.65 bits per heavy atom. The molecule has 0 atom stereocenters. The number of alkyl halides is 3. The molecular weight excluding hydrogens is 233 g/mol. The van der Waals surface area contributed by atoms with E-state index in [9.17, 15) is 18.0 Å². The Labute approximate surface area is 96.3 Å². The van der Waals surface area contributed by atoms with Gasteiger partial charge in [-0.05, 0) is 19.9 Å². The number of anilines is 1. The van der Waals surface area contributed by atoms with Crippen LogP contribution in [0.1, 0.15) is 19.4 Å². The molecule has 0 radical (unpaired) electrons. The van der Waals surface area contributed by atoms with E-state index >= 15 is 0 Å². The Bertz CT molecular complexity index is 468. The highest BCUT2D eigenvalue weighted by molar-refractivity contribution is 6.07. The number of carbonyl (C=O) groups excluding carboxylic acids is 1. The van der Waals surface area contributed by atoms with Crippen LogP contribution in [-0.2, 0) is 10.2 Å². The van der Waals surface area contributed by atoms with E-state index in [1.54, 1.807) is 13.8 Å². The van der Waals surface area contributed by atoms with Gasteiger partial charge in [-0.25, -0.2) is 0 Å². The van der Waals surface area contributed by atoms with E-state index in [1.165, 1.54) is 18.5 Å². The van der Waals surface area contributed by atoms with Gasteiger partial charge in [0.2, 0.25) is 5.91 Å². The third-order valence-electron chi connectivity index (χ3n) is 2.88. The summed E-state index contributed by atoms with van der Waals surface area (Å²) in [6, 6.07) is 1.44. The fourth-order valence-corrected chi connectivity index (χ4v) is 2.00. The van der Waals surface area contributed by atoms with Gasteiger partial charge in [-0.3, -0.25) is 9.78 Å². The lowest BCUT2D eigenvalue weighted by atomic mass is 9.87. The normalized spacial score (nSPS) is 18.4. The first-order chi connectivity index (χ1) is 7.73. The van der Waals surface area contributed by atoms with E-state index in [2.05, 4.69) is 4.98 Å². The van der Waals surface area contributed by atoms with Crippen molar-refractivity contribution in [3.8, 4) is 0 Å². The van der Waals surface area contributed by atoms with E-state index < -0.39 is 24.0 Å². The fourth-order valence-electron chi connectivity index (χ4n) is 2.00. The molecule has 0 saturated carbocycles. The maximum atomic E-state index is 12.4. The van der Waals surface area contributed by atoms with Crippen molar-refractivity contribution in [3.05, 3.63) is 24.0 Å². The lowest BCUT2D eigenvalue weighted by molar-refractivity contribution is -0.134. The lowest BCUT2D eigenvalue weighted by Crippen LogP contribution is -2.41. The number of carbonyl (C=O) groups is 1. The molecule has 0 spiro atoms. The van der Waals surface area contributed by atoms with Crippen LogP contribution in [-0.4, -0.2) is 23.6 Å². The maximum absolute atomic E-state index is 12.4. The second kappa shape index (κ2) is 3.45. The second-order valence-corrected chi connectivity index (χ2v) is 4.52. The van der Waals surface area contributed by atoms with E-state index in [-0.39, 0.29) is 0 Å². The molecule has 3 nitrogen and oxygen atoms in total. The number of nitrogens with zero attached hydrogens (tertiary/aromatic N) is 2. The van der Waals surface area contributed by atoms with Crippen molar-refractivity contribution in [1.29, 1.82) is 0 Å². The predicted molar refractivity (Wildman–Crippen MR) is 55.7 cm³/mol. The number of hydrogen-bond donors (Lipinski definition) is 0. The summed E-state index contributed by atoms with van der Waals surface area (Å²) in [4.78, 5) is 16.6. The third kappa shape index (κ3) is 1.87. The van der Waals surface area contributed by atoms with Crippen molar-refractivity contribution in [1.82, 2.24) is 4.98 Å². The molecule has 0 bridgehead atoms. The number of halogens is 3. The minimum absolute atomic E-state index is 0.298. The number of rotatable bonds is 1. The van der Waals surface area contributed by atoms with Gasteiger partial charge in [0.05, 0.1) is 11.1 Å². The smallest absolute Gasteiger partial charge is 0.302 e. The first-order valence-electron chi connectivity index (χ1n) is 5.07. The molecule has 0 unspecified atom stereocenters. The van der Waals surface area contributed by atoms with Crippen molar-refractivity contribution in [2.24, 2.45) is 0 Å². The van der Waals surface area contributed by atoms with Gasteiger partial charge in [0.25, 0.3) is 0 Å². The molecular formula is C11H11F3N2O. The second-order valence-electron chi connectivity index (χ2n) is 4.52. The summed E-state index contributed by atoms with van der Waals surface area (Å²) in [6.45, 7) is 1.95. The minimum Gasteiger partial charge on any atom is -0.302 e. The first-order valence-corrected chi connectivity index (χ1v) is 5.07. The first kappa shape index (κ1) is 11.9. The summed E-state index contributed by atoms with van der Waals surface area (Å²) < 4.78 is 37.3. The van der Waals surface area contributed by atoms with Gasteiger partial charge in [-0.1, -0.05) is 0 Å². The zero-order valence-corrected chi connectivity index (χ0v) is 9.38. The summed E-state index contributed by atoms with van der Waals surface area (Å²) in [5, 5.41) is 0. The van der Waals surface area contributed by atoms with Crippen LogP contribution in [0.2, 0.25) is 0 Å². The summed E-state index contributed by atoms with van der Waals surface area (Å²) >= 11 is 0. The van der Waals surface area contributed by atoms with Crippen LogP contribution in [0.5, 0.6) is 0 Å². The van der Waals surface area contributed by atoms with Crippen molar-refractivity contribution >= 4 is 11.6 Å². The standard InChI is InChI=1S/C11H11F3N2O/c1-10(2)7-5-15-4-3-8(7)16(9(10)17)6-11(12,13)14/h3-5H,6H2,1-2H3. The van der Waals surface area contributed by atoms with Gasteiger partial charge < -0.3 is 4.90 Å². The third-order valence-corrected chi connectivity index (χ3v) is 2.88. The average molecular weight is 244 g/mol. The molecule has 1 amide bonds. The van der Waals surface area contributed by atoms with Gasteiger partial charge in [0.1, 0.15) is 6.54 Å². The quantitative estimate of drug-likeness (QED) is 0.759. The van der Waals surface area contributed by atoms with E-state index in [4.69, 9.17) is 0 Å². The van der Waals surface area contributed by atoms with Gasteiger partial charge in [0, 0.05) is 18.0 Å². The molecule has 1 aliphatic heterocycles. The van der Waals surface area contributed by atoms with Gasteiger partial charge >= 0.3 is 6.18 Å². The van der Waals surface area contributed by atoms with Crippen LogP contribution in [0.15, 0.2) is 18.5 Å². The molecule has 0 aromatic carbocycles. The number of pyridine rings is 1. The Balaban J connectivity index is 2.47. The summed E-state index contributed by atoms with van der Waals surface area (Å²) in [5.74, 6) is -0.544. The van der Waals surface area contributed by atoms with Crippen molar-refractivity contribution in [2.75, 3.05) is 11.4 Å². The fraction of sp³-hybridized carbons (Fsp3) is 0.455. The van der Waals surface area contributed by atoms with E-state index in [0.717, 1.165) is 4.90 Å². The Kier molecular flexibility index (Phi) is 2.41. The number of amides is 1. The highest BCUT2D eigenvalue weighted by Gasteiger charge is 2.47. The van der Waals surface area contributed by atoms with Crippen molar-refractivity contribution in [3.63, 3.8) is 0 Å². The van der Waals surface area contributed by atoms with E-state index in [0.29, 0.717) is 11.3 Å². The van der Waals surface area contributed by atoms with Crippen LogP contribution in [0, 0.1) is 0 Å². The molecule has 17 heavy (non-hydrogen) atoms. The largest absolute Gasteiger partial charge is 0.406 e. The average Bonchev–Trinajstić information content (AvgIpc) is 2.39. The summed E-state index contributed by atoms with van der Waals surface area (Å²) in [6.07, 6.45) is -1.57. The molecule has 1 aromatic heterocycles. The molecule has 0 aliphatic carbocycles. The van der Waals surface area contributed by atoms with Crippen LogP contribution >= 0.6 is 0 Å². The molecule has 2 rings (SSSR count). The zero-order valence-electron chi connectivity index (χ0n) is 9.38. The molecule has 6 heteroatoms. The Morgan fingerprint density at radius 2 is 2.06 bits per heavy atom. The van der Waals surface area contributed by atoms with Crippen molar-refractivity contribution < 1.29 is 18.0 Å². The van der Waals surface area contributed by atoms with Crippen LogP contribution in [0.4, 0.5) is 18.9 Å². The number of hydrogen-bond acceptors (Lipinski definition) is 2. The SMILES string of the molecule is CC1(C)C(=O)N(CC(F)(F)F)c2ccncc21. The summed E-state index contributed by atoms with van der Waals surface area (Å²) in [5.41, 5.74) is -0.115. The monoisotopic (exact) mass is 244 g/mol. The van der Waals surface area contributed by atoms with Gasteiger partial charge in [-0.15, -0.1) is 0 Å². The number of aromatic nitrogens is 1. The summed E-state index contributed by atoms with van der Waals surface area (Å²) in [7, 11) is 0. The number of fused-ring (bicyclic) bond motifs is 1. The Hall–Kier alpha value is -1.59. The highest BCUT2D eigenvalue weighted by atomic mass is 19.4. The molecule has 0 N–H and O–H groups in total. The minimum atomic E-state index is -4.41. The zero-order chi connectivity index (χ0) is 12.8. The molecule has 2 heterocycles. The van der Waals surface area contributed by atoms with Gasteiger partial charge in [0.15, 0.2) is 0 Å². The molecule has 0 saturated heterocycles. The van der Waals surface area contributed by atoms with Gasteiger partial charge in [-0.2, -0.15) is 13.2 Å². The van der Waals surface area contributed by atoms with E-state index in [1.807, 2.05) is 0 Å². The molecule has 92 valence electrons. The molecule has 0 fully saturated rings. The molecule has 1 aromatic rings. The van der Waals surface area contributed by atoms with Crippen molar-refractivity contribution in [2.45, 2.75) is 25.4 Å². The lowest BCUT2D eigenvalue weighted by Gasteiger charge is -2.21. The topological polar surface area (TPSA) is 33.2 Å². The van der Waals surface area contributed by atoms with Crippen LogP contribution in [0.3, 0.4) is 0 Å². The van der Waals surface area contributed by atoms with Crippen LogP contribution < -0.4 is 4.90 Å². The Morgan fingerprint density at radius 1 is 1.41 bits per heavy atom. The predicted octanol–water partition coefficient (Wildman–Crippen LogP) is 2.27. The van der Waals surface area contributed by atoms with Crippen LogP contribution in [0.25, 0.3) is 0 Å². The highest BCUT2D eigenvalue weighted by Crippen LogP contribution is 2.41. The maximum Gasteiger partial charge on any atom is 0.406 e. The molecule has 1 aliphatic rings.